The number of anilines is 2. The van der Waals surface area contributed by atoms with Gasteiger partial charge in [0.15, 0.2) is 0 Å². The summed E-state index contributed by atoms with van der Waals surface area (Å²) in [6.45, 7) is 3.67. The predicted molar refractivity (Wildman–Crippen MR) is 84.0 cm³/mol. The molecule has 1 heterocycles. The lowest BCUT2D eigenvalue weighted by Gasteiger charge is -2.11. The van der Waals surface area contributed by atoms with Crippen molar-refractivity contribution in [1.82, 2.24) is 9.78 Å². The first-order valence-corrected chi connectivity index (χ1v) is 8.21. The zero-order valence-corrected chi connectivity index (χ0v) is 13.6. The van der Waals surface area contributed by atoms with Crippen LogP contribution in [0.3, 0.4) is 0 Å². The summed E-state index contributed by atoms with van der Waals surface area (Å²) in [4.78, 5) is -0.0434. The Morgan fingerprint density at radius 3 is 2.71 bits per heavy atom. The number of nitrogens with zero attached hydrogens (tertiary/aromatic N) is 2. The smallest absolute Gasteiger partial charge is 0.263 e. The molecule has 0 radical (unpaired) electrons. The van der Waals surface area contributed by atoms with E-state index in [1.54, 1.807) is 24.9 Å². The Kier molecular flexibility index (Phi) is 4.15. The van der Waals surface area contributed by atoms with Crippen molar-refractivity contribution in [3.8, 4) is 0 Å². The van der Waals surface area contributed by atoms with Gasteiger partial charge in [0.2, 0.25) is 0 Å². The average Bonchev–Trinajstić information content (AvgIpc) is 2.72. The van der Waals surface area contributed by atoms with Gasteiger partial charge in [-0.25, -0.2) is 8.42 Å². The van der Waals surface area contributed by atoms with Crippen molar-refractivity contribution in [2.75, 3.05) is 10.5 Å². The van der Waals surface area contributed by atoms with Crippen LogP contribution in [0, 0.1) is 6.92 Å². The summed E-state index contributed by atoms with van der Waals surface area (Å²) in [6.07, 6.45) is 2.23. The van der Waals surface area contributed by atoms with Crippen LogP contribution in [0.25, 0.3) is 0 Å². The maximum absolute atomic E-state index is 12.5. The Bertz CT molecular complexity index is 784. The molecule has 2 aromatic rings. The molecule has 0 unspecified atom stereocenters. The Morgan fingerprint density at radius 2 is 2.10 bits per heavy atom. The van der Waals surface area contributed by atoms with Crippen LogP contribution in [-0.2, 0) is 23.5 Å². The van der Waals surface area contributed by atoms with Crippen molar-refractivity contribution < 1.29 is 8.42 Å². The second-order valence-corrected chi connectivity index (χ2v) is 6.82. The second kappa shape index (κ2) is 5.57. The quantitative estimate of drug-likeness (QED) is 0.843. The van der Waals surface area contributed by atoms with Gasteiger partial charge in [0.1, 0.15) is 4.90 Å². The lowest BCUT2D eigenvalue weighted by atomic mass is 10.2. The zero-order valence-electron chi connectivity index (χ0n) is 12.0. The van der Waals surface area contributed by atoms with Gasteiger partial charge in [0.25, 0.3) is 10.0 Å². The van der Waals surface area contributed by atoms with Crippen LogP contribution in [-0.4, -0.2) is 18.2 Å². The molecule has 114 valence electrons. The normalized spacial score (nSPS) is 11.6. The summed E-state index contributed by atoms with van der Waals surface area (Å²) >= 11 is 6.04. The van der Waals surface area contributed by atoms with Crippen molar-refractivity contribution in [2.24, 2.45) is 7.05 Å². The van der Waals surface area contributed by atoms with Crippen LogP contribution >= 0.6 is 11.6 Å². The van der Waals surface area contributed by atoms with E-state index in [0.29, 0.717) is 23.5 Å². The molecule has 0 aliphatic heterocycles. The molecule has 0 atom stereocenters. The summed E-state index contributed by atoms with van der Waals surface area (Å²) in [5.41, 5.74) is 7.98. The SMILES string of the molecule is CCc1nn(C)cc1NS(=O)(=O)c1cc(N)c(C)cc1Cl. The number of sulfonamides is 1. The number of rotatable bonds is 4. The molecule has 2 rings (SSSR count). The fourth-order valence-corrected chi connectivity index (χ4v) is 3.65. The number of halogens is 1. The number of hydrogen-bond acceptors (Lipinski definition) is 4. The van der Waals surface area contributed by atoms with Gasteiger partial charge in [-0.2, -0.15) is 5.10 Å². The van der Waals surface area contributed by atoms with Gasteiger partial charge in [0, 0.05) is 18.9 Å². The molecule has 0 saturated carbocycles. The van der Waals surface area contributed by atoms with Gasteiger partial charge < -0.3 is 5.73 Å². The minimum atomic E-state index is -3.82. The van der Waals surface area contributed by atoms with Crippen LogP contribution in [0.15, 0.2) is 23.2 Å². The predicted octanol–water partition coefficient (Wildman–Crippen LogP) is 2.33. The maximum Gasteiger partial charge on any atom is 0.263 e. The molecule has 0 amide bonds. The number of benzene rings is 1. The fraction of sp³-hybridized carbons (Fsp3) is 0.308. The molecule has 21 heavy (non-hydrogen) atoms. The van der Waals surface area contributed by atoms with Gasteiger partial charge in [0.05, 0.1) is 16.4 Å². The van der Waals surface area contributed by atoms with Crippen LogP contribution in [0.1, 0.15) is 18.2 Å². The molecule has 6 nitrogen and oxygen atoms in total. The van der Waals surface area contributed by atoms with E-state index < -0.39 is 10.0 Å². The highest BCUT2D eigenvalue weighted by Gasteiger charge is 2.21. The number of nitrogen functional groups attached to an aromatic ring is 1. The molecule has 1 aromatic carbocycles. The van der Waals surface area contributed by atoms with E-state index in [9.17, 15) is 8.42 Å². The lowest BCUT2D eigenvalue weighted by molar-refractivity contribution is 0.601. The third kappa shape index (κ3) is 3.14. The summed E-state index contributed by atoms with van der Waals surface area (Å²) < 4.78 is 29.0. The van der Waals surface area contributed by atoms with E-state index in [1.807, 2.05) is 6.92 Å². The topological polar surface area (TPSA) is 90.0 Å². The first-order valence-electron chi connectivity index (χ1n) is 6.35. The van der Waals surface area contributed by atoms with Crippen molar-refractivity contribution >= 4 is 33.0 Å². The van der Waals surface area contributed by atoms with E-state index in [0.717, 1.165) is 5.56 Å². The first-order chi connectivity index (χ1) is 9.74. The van der Waals surface area contributed by atoms with E-state index in [1.165, 1.54) is 12.1 Å². The maximum atomic E-state index is 12.5. The molecule has 1 aromatic heterocycles. The monoisotopic (exact) mass is 328 g/mol. The molecule has 0 bridgehead atoms. The van der Waals surface area contributed by atoms with Crippen LogP contribution in [0.4, 0.5) is 11.4 Å². The van der Waals surface area contributed by atoms with Crippen molar-refractivity contribution in [3.63, 3.8) is 0 Å². The number of nitrogens with one attached hydrogen (secondary N) is 1. The Hall–Kier alpha value is -1.73. The highest BCUT2D eigenvalue weighted by molar-refractivity contribution is 7.92. The molecular formula is C13H17ClN4O2S. The number of hydrogen-bond donors (Lipinski definition) is 2. The van der Waals surface area contributed by atoms with Crippen LogP contribution in [0.2, 0.25) is 5.02 Å². The van der Waals surface area contributed by atoms with Gasteiger partial charge in [-0.3, -0.25) is 9.40 Å². The summed E-state index contributed by atoms with van der Waals surface area (Å²) in [5.74, 6) is 0. The molecule has 0 fully saturated rings. The standard InChI is InChI=1S/C13H17ClN4O2S/c1-4-11-12(7-18(3)16-11)17-21(19,20)13-6-10(15)8(2)5-9(13)14/h5-7,17H,4,15H2,1-3H3. The summed E-state index contributed by atoms with van der Waals surface area (Å²) in [7, 11) is -2.09. The van der Waals surface area contributed by atoms with Crippen LogP contribution in [0.5, 0.6) is 0 Å². The van der Waals surface area contributed by atoms with Gasteiger partial charge in [-0.05, 0) is 31.0 Å². The van der Waals surface area contributed by atoms with Gasteiger partial charge >= 0.3 is 0 Å². The van der Waals surface area contributed by atoms with Crippen molar-refractivity contribution in [3.05, 3.63) is 34.6 Å². The van der Waals surface area contributed by atoms with E-state index in [-0.39, 0.29) is 9.92 Å². The van der Waals surface area contributed by atoms with E-state index in [2.05, 4.69) is 9.82 Å². The molecule has 3 N–H and O–H groups in total. The minimum absolute atomic E-state index is 0.0434. The fourth-order valence-electron chi connectivity index (χ4n) is 1.96. The molecule has 8 heteroatoms. The number of nitrogens with two attached hydrogens (primary N) is 1. The Labute approximate surface area is 129 Å². The largest absolute Gasteiger partial charge is 0.398 e. The molecule has 0 saturated heterocycles. The van der Waals surface area contributed by atoms with Gasteiger partial charge in [-0.15, -0.1) is 0 Å². The van der Waals surface area contributed by atoms with E-state index >= 15 is 0 Å². The number of aryl methyl sites for hydroxylation is 3. The van der Waals surface area contributed by atoms with E-state index in [4.69, 9.17) is 17.3 Å². The third-order valence-corrected chi connectivity index (χ3v) is 4.92. The average molecular weight is 329 g/mol. The molecule has 0 aliphatic carbocycles. The van der Waals surface area contributed by atoms with Crippen LogP contribution < -0.4 is 10.5 Å². The summed E-state index contributed by atoms with van der Waals surface area (Å²) in [6, 6.07) is 2.90. The second-order valence-electron chi connectivity index (χ2n) is 4.76. The highest BCUT2D eigenvalue weighted by Crippen LogP contribution is 2.29. The molecular weight excluding hydrogens is 312 g/mol. The minimum Gasteiger partial charge on any atom is -0.398 e. The van der Waals surface area contributed by atoms with Gasteiger partial charge in [-0.1, -0.05) is 18.5 Å². The Morgan fingerprint density at radius 1 is 1.43 bits per heavy atom. The lowest BCUT2D eigenvalue weighted by Crippen LogP contribution is -2.14. The number of aromatic nitrogens is 2. The summed E-state index contributed by atoms with van der Waals surface area (Å²) in [5, 5.41) is 4.33. The zero-order chi connectivity index (χ0) is 15.8. The highest BCUT2D eigenvalue weighted by atomic mass is 35.5. The Balaban J connectivity index is 2.45. The van der Waals surface area contributed by atoms with Crippen molar-refractivity contribution in [2.45, 2.75) is 25.2 Å². The molecule has 0 aliphatic rings. The van der Waals surface area contributed by atoms with Crippen molar-refractivity contribution in [1.29, 1.82) is 0 Å². The molecule has 0 spiro atoms. The first kappa shape index (κ1) is 15.7. The third-order valence-electron chi connectivity index (χ3n) is 3.09.